The number of fused-ring (bicyclic) bond motifs is 5. The van der Waals surface area contributed by atoms with Crippen molar-refractivity contribution in [1.82, 2.24) is 5.32 Å². The number of rotatable bonds is 4. The summed E-state index contributed by atoms with van der Waals surface area (Å²) in [6, 6.07) is 5.92. The molecule has 5 aliphatic carbocycles. The Balaban J connectivity index is 1.11. The smallest absolute Gasteiger partial charge is 0.234 e. The van der Waals surface area contributed by atoms with E-state index in [2.05, 4.69) is 18.3 Å². The van der Waals surface area contributed by atoms with E-state index in [-0.39, 0.29) is 47.8 Å². The maximum absolute atomic E-state index is 14.1. The lowest BCUT2D eigenvalue weighted by Crippen LogP contribution is -2.85. The number of aliphatic hydroxyl groups is 1. The molecule has 7 heteroatoms. The molecule has 2 N–H and O–H groups in total. The summed E-state index contributed by atoms with van der Waals surface area (Å²) in [6.45, 7) is 5.12. The molecule has 1 aromatic carbocycles. The first-order chi connectivity index (χ1) is 17.3. The highest BCUT2D eigenvalue weighted by Crippen LogP contribution is 2.78. The van der Waals surface area contributed by atoms with Crippen LogP contribution in [0.5, 0.6) is 11.5 Å². The monoisotopic (exact) mass is 491 g/mol. The predicted octanol–water partition coefficient (Wildman–Crippen LogP) is 3.00. The summed E-state index contributed by atoms with van der Waals surface area (Å²) in [6.07, 6.45) is 7.09. The van der Waals surface area contributed by atoms with E-state index in [0.717, 1.165) is 36.3 Å². The van der Waals surface area contributed by atoms with Crippen LogP contribution in [0.3, 0.4) is 0 Å². The van der Waals surface area contributed by atoms with E-state index in [1.807, 2.05) is 25.1 Å². The first kappa shape index (κ1) is 21.7. The Kier molecular flexibility index (Phi) is 4.05. The van der Waals surface area contributed by atoms with Crippen molar-refractivity contribution in [1.29, 1.82) is 0 Å². The molecule has 2 bridgehead atoms. The Morgan fingerprint density at radius 2 is 2.03 bits per heavy atom. The second-order valence-corrected chi connectivity index (χ2v) is 12.7. The zero-order valence-electron chi connectivity index (χ0n) is 20.8. The minimum Gasteiger partial charge on any atom is -0.454 e. The zero-order valence-corrected chi connectivity index (χ0v) is 20.8. The van der Waals surface area contributed by atoms with Gasteiger partial charge in [-0.2, -0.15) is 0 Å². The Morgan fingerprint density at radius 1 is 1.19 bits per heavy atom. The molecule has 5 fully saturated rings. The van der Waals surface area contributed by atoms with Gasteiger partial charge >= 0.3 is 0 Å². The number of nitrogens with one attached hydrogen (secondary N) is 1. The number of allylic oxidation sites excluding steroid dienone is 1. The number of carbonyl (C=O) groups excluding carboxylic acids is 2. The van der Waals surface area contributed by atoms with Crippen molar-refractivity contribution in [3.63, 3.8) is 0 Å². The summed E-state index contributed by atoms with van der Waals surface area (Å²) >= 11 is 0. The van der Waals surface area contributed by atoms with Crippen LogP contribution < -0.4 is 14.8 Å². The van der Waals surface area contributed by atoms with Gasteiger partial charge in [-0.15, -0.1) is 0 Å². The van der Waals surface area contributed by atoms with Gasteiger partial charge < -0.3 is 24.6 Å². The molecule has 1 spiro atoms. The first-order valence-electron chi connectivity index (χ1n) is 13.6. The Labute approximate surface area is 210 Å². The molecule has 7 aliphatic rings. The van der Waals surface area contributed by atoms with Crippen molar-refractivity contribution in [2.45, 2.75) is 57.8 Å². The van der Waals surface area contributed by atoms with Gasteiger partial charge in [0, 0.05) is 12.5 Å². The molecule has 1 saturated heterocycles. The van der Waals surface area contributed by atoms with Gasteiger partial charge in [0.05, 0.1) is 23.4 Å². The van der Waals surface area contributed by atoms with Crippen LogP contribution >= 0.6 is 0 Å². The normalized spacial score (nSPS) is 48.2. The summed E-state index contributed by atoms with van der Waals surface area (Å²) < 4.78 is 16.6. The maximum Gasteiger partial charge on any atom is 0.234 e. The highest BCUT2D eigenvalue weighted by Gasteiger charge is 2.85. The molecule has 4 unspecified atom stereocenters. The molecule has 1 aromatic rings. The molecule has 0 radical (unpaired) electrons. The number of benzene rings is 1. The molecule has 2 aliphatic heterocycles. The van der Waals surface area contributed by atoms with Crippen molar-refractivity contribution < 1.29 is 28.9 Å². The number of amides is 1. The molecular formula is C29H33NO6. The van der Waals surface area contributed by atoms with E-state index in [9.17, 15) is 14.7 Å². The zero-order chi connectivity index (χ0) is 24.6. The fourth-order valence-electron chi connectivity index (χ4n) is 10.00. The van der Waals surface area contributed by atoms with Crippen LogP contribution in [0.2, 0.25) is 0 Å². The summed E-state index contributed by atoms with van der Waals surface area (Å²) in [7, 11) is 0. The summed E-state index contributed by atoms with van der Waals surface area (Å²) in [4.78, 5) is 27.5. The molecule has 0 aromatic heterocycles. The first-order valence-corrected chi connectivity index (χ1v) is 13.6. The van der Waals surface area contributed by atoms with Crippen molar-refractivity contribution in [2.24, 2.45) is 46.3 Å². The molecule has 2 heterocycles. The summed E-state index contributed by atoms with van der Waals surface area (Å²) in [5.74, 6) is 0.687. The molecule has 10 atom stereocenters. The van der Waals surface area contributed by atoms with E-state index in [4.69, 9.17) is 14.2 Å². The predicted molar refractivity (Wildman–Crippen MR) is 128 cm³/mol. The van der Waals surface area contributed by atoms with E-state index < -0.39 is 11.2 Å². The molecule has 8 rings (SSSR count). The second-order valence-electron chi connectivity index (χ2n) is 12.7. The van der Waals surface area contributed by atoms with Crippen LogP contribution in [0.1, 0.15) is 45.1 Å². The van der Waals surface area contributed by atoms with E-state index in [1.165, 1.54) is 12.0 Å². The van der Waals surface area contributed by atoms with E-state index in [1.54, 1.807) is 0 Å². The second kappa shape index (κ2) is 6.73. The minimum absolute atomic E-state index is 0.0760. The van der Waals surface area contributed by atoms with Gasteiger partial charge in [-0.25, -0.2) is 0 Å². The Morgan fingerprint density at radius 3 is 2.89 bits per heavy atom. The number of hydrogen-bond acceptors (Lipinski definition) is 6. The summed E-state index contributed by atoms with van der Waals surface area (Å²) in [5, 5.41) is 14.1. The molecule has 190 valence electrons. The number of hydrogen-bond donors (Lipinski definition) is 2. The highest BCUT2D eigenvalue weighted by atomic mass is 16.7. The molecule has 7 nitrogen and oxygen atoms in total. The number of ether oxygens (including phenoxy) is 3. The van der Waals surface area contributed by atoms with Gasteiger partial charge in [-0.1, -0.05) is 31.6 Å². The number of Topliss-reactive ketones (excluding diaryl/α,β-unsaturated/α-hetero) is 1. The Hall–Kier alpha value is -2.38. The van der Waals surface area contributed by atoms with Gasteiger partial charge in [0.15, 0.2) is 17.3 Å². The summed E-state index contributed by atoms with van der Waals surface area (Å²) in [5.41, 5.74) is 1.54. The SMILES string of the molecule is CC1C[C@]23C[C@H]1CC[C@H]2C1=C[C@H]2OC4(O)C(=O)[C@@](C)(C1[C@@H]3C(=O)NCCc1ccc3c(c1)OCO3)C24. The fourth-order valence-corrected chi connectivity index (χ4v) is 10.00. The van der Waals surface area contributed by atoms with Crippen LogP contribution in [0.25, 0.3) is 0 Å². The van der Waals surface area contributed by atoms with Gasteiger partial charge in [-0.3, -0.25) is 9.59 Å². The average molecular weight is 492 g/mol. The third-order valence-corrected chi connectivity index (χ3v) is 11.3. The van der Waals surface area contributed by atoms with Crippen molar-refractivity contribution in [3.05, 3.63) is 35.4 Å². The molecule has 1 amide bonds. The lowest BCUT2D eigenvalue weighted by atomic mass is 9.41. The standard InChI is InChI=1S/C29H33NO6/c1-14-11-28-12-16(14)4-5-18(28)17-10-21-24-27(2,26(32)29(24,33)36-21)22(17)23(28)25(31)30-8-7-15-3-6-19-20(9-15)35-13-34-19/h3,6,9-10,14,16,18,21-24,33H,4-5,7-8,11-13H2,1-2H3,(H,30,31)/t14?,16-,18+,21-,22?,23-,24?,27+,28+,29?/m1/s1. The van der Waals surface area contributed by atoms with Gasteiger partial charge in [-0.05, 0) is 73.0 Å². The van der Waals surface area contributed by atoms with Crippen LogP contribution in [-0.2, 0) is 20.7 Å². The molecular weight excluding hydrogens is 458 g/mol. The van der Waals surface area contributed by atoms with E-state index in [0.29, 0.717) is 30.7 Å². The topological polar surface area (TPSA) is 94.1 Å². The fraction of sp³-hybridized carbons (Fsp3) is 0.655. The lowest BCUT2D eigenvalue weighted by molar-refractivity contribution is -0.400. The third kappa shape index (κ3) is 2.34. The van der Waals surface area contributed by atoms with Gasteiger partial charge in [0.1, 0.15) is 0 Å². The average Bonchev–Trinajstić information content (AvgIpc) is 3.49. The van der Waals surface area contributed by atoms with Crippen LogP contribution in [0.4, 0.5) is 0 Å². The van der Waals surface area contributed by atoms with Crippen molar-refractivity contribution >= 4 is 11.7 Å². The van der Waals surface area contributed by atoms with Crippen LogP contribution in [0.15, 0.2) is 29.8 Å². The number of carbonyl (C=O) groups is 2. The van der Waals surface area contributed by atoms with Gasteiger partial charge in [0.25, 0.3) is 0 Å². The Bertz CT molecular complexity index is 1240. The van der Waals surface area contributed by atoms with Crippen LogP contribution in [0, 0.1) is 46.3 Å². The van der Waals surface area contributed by atoms with Crippen LogP contribution in [-0.4, -0.2) is 42.0 Å². The van der Waals surface area contributed by atoms with E-state index >= 15 is 0 Å². The highest BCUT2D eigenvalue weighted by molar-refractivity contribution is 6.02. The molecule has 36 heavy (non-hydrogen) atoms. The van der Waals surface area contributed by atoms with Gasteiger partial charge in [0.2, 0.25) is 18.5 Å². The van der Waals surface area contributed by atoms with Crippen molar-refractivity contribution in [3.8, 4) is 11.5 Å². The van der Waals surface area contributed by atoms with Crippen molar-refractivity contribution in [2.75, 3.05) is 13.3 Å². The lowest BCUT2D eigenvalue weighted by Gasteiger charge is -2.70. The minimum atomic E-state index is -1.64. The maximum atomic E-state index is 14.1. The quantitative estimate of drug-likeness (QED) is 0.629. The molecule has 4 saturated carbocycles. The third-order valence-electron chi connectivity index (χ3n) is 11.3. The number of ketones is 1. The largest absolute Gasteiger partial charge is 0.454 e.